The van der Waals surface area contributed by atoms with Crippen molar-refractivity contribution < 1.29 is 57.2 Å². The number of carbonyl (C=O) groups is 6. The summed E-state index contributed by atoms with van der Waals surface area (Å²) in [4.78, 5) is 79.3. The lowest BCUT2D eigenvalue weighted by Crippen LogP contribution is -2.44. The number of carbonyl (C=O) groups excluding carboxylic acids is 6. The summed E-state index contributed by atoms with van der Waals surface area (Å²) in [6.45, 7) is 10.0. The van der Waals surface area contributed by atoms with Crippen molar-refractivity contribution in [1.82, 2.24) is 9.80 Å². The van der Waals surface area contributed by atoms with Crippen LogP contribution in [0, 0.1) is 0 Å². The SMILES string of the molecule is COc1ccc(Oc2ccc(C(=O)COC(=O)[C@@H]3CCCN3C(=O)OC(C)(C)C)cc2)cc1C(=O)COC(=O)[C@@H]1CCCN1C(=O)OC(C)(C)C. The third-order valence-electron chi connectivity index (χ3n) is 7.88. The molecule has 0 aliphatic carbocycles. The van der Waals surface area contributed by atoms with Crippen molar-refractivity contribution >= 4 is 35.7 Å². The first-order chi connectivity index (χ1) is 24.0. The second-order valence-corrected chi connectivity index (χ2v) is 14.2. The number of benzene rings is 2. The van der Waals surface area contributed by atoms with Crippen molar-refractivity contribution in [2.45, 2.75) is 90.5 Å². The highest BCUT2D eigenvalue weighted by Gasteiger charge is 2.39. The molecule has 0 radical (unpaired) electrons. The number of ketones is 2. The van der Waals surface area contributed by atoms with Crippen LogP contribution >= 0.6 is 0 Å². The smallest absolute Gasteiger partial charge is 0.411 e. The number of nitrogens with zero attached hydrogens (tertiary/aromatic N) is 2. The normalized spacial score (nSPS) is 17.4. The number of methoxy groups -OCH3 is 1. The van der Waals surface area contributed by atoms with Crippen molar-refractivity contribution in [2.75, 3.05) is 33.4 Å². The predicted molar refractivity (Wildman–Crippen MR) is 182 cm³/mol. The molecule has 0 unspecified atom stereocenters. The molecule has 2 amide bonds. The number of esters is 2. The second-order valence-electron chi connectivity index (χ2n) is 14.2. The first-order valence-corrected chi connectivity index (χ1v) is 16.8. The highest BCUT2D eigenvalue weighted by atomic mass is 16.6. The predicted octanol–water partition coefficient (Wildman–Crippen LogP) is 5.74. The molecule has 2 heterocycles. The van der Waals surface area contributed by atoms with Gasteiger partial charge in [-0.15, -0.1) is 0 Å². The Morgan fingerprint density at radius 3 is 1.61 bits per heavy atom. The molecule has 2 aromatic carbocycles. The van der Waals surface area contributed by atoms with Gasteiger partial charge in [0.15, 0.2) is 19.0 Å². The lowest BCUT2D eigenvalue weighted by Gasteiger charge is -2.27. The van der Waals surface area contributed by atoms with Crippen molar-refractivity contribution in [3.8, 4) is 17.2 Å². The molecule has 2 fully saturated rings. The van der Waals surface area contributed by atoms with Crippen molar-refractivity contribution in [2.24, 2.45) is 0 Å². The number of hydrogen-bond acceptors (Lipinski definition) is 12. The molecular weight excluding hydrogens is 664 g/mol. The summed E-state index contributed by atoms with van der Waals surface area (Å²) in [5.74, 6) is -1.51. The van der Waals surface area contributed by atoms with Gasteiger partial charge in [0.2, 0.25) is 5.78 Å². The number of likely N-dealkylation sites (tertiary alicyclic amines) is 2. The molecule has 0 spiro atoms. The van der Waals surface area contributed by atoms with Gasteiger partial charge in [-0.2, -0.15) is 0 Å². The average molecular weight is 711 g/mol. The summed E-state index contributed by atoms with van der Waals surface area (Å²) in [5.41, 5.74) is -1.06. The molecule has 14 heteroatoms. The summed E-state index contributed by atoms with van der Waals surface area (Å²) >= 11 is 0. The first kappa shape index (κ1) is 38.7. The fraction of sp³-hybridized carbons (Fsp3) is 0.514. The van der Waals surface area contributed by atoms with Gasteiger partial charge in [0, 0.05) is 18.7 Å². The molecule has 2 aliphatic heterocycles. The molecule has 2 atom stereocenters. The van der Waals surface area contributed by atoms with E-state index in [1.54, 1.807) is 59.7 Å². The zero-order valence-corrected chi connectivity index (χ0v) is 30.1. The summed E-state index contributed by atoms with van der Waals surface area (Å²) in [6, 6.07) is 8.99. The fourth-order valence-corrected chi connectivity index (χ4v) is 5.54. The van der Waals surface area contributed by atoms with Gasteiger partial charge in [-0.25, -0.2) is 19.2 Å². The van der Waals surface area contributed by atoms with Crippen LogP contribution in [0.4, 0.5) is 9.59 Å². The number of amides is 2. The number of ether oxygens (including phenoxy) is 6. The Kier molecular flexibility index (Phi) is 12.3. The molecule has 0 bridgehead atoms. The van der Waals surface area contributed by atoms with Crippen LogP contribution in [-0.4, -0.2) is 102 Å². The lowest BCUT2D eigenvalue weighted by atomic mass is 10.1. The van der Waals surface area contributed by atoms with E-state index >= 15 is 0 Å². The molecule has 0 saturated carbocycles. The van der Waals surface area contributed by atoms with Gasteiger partial charge in [-0.3, -0.25) is 19.4 Å². The molecule has 276 valence electrons. The van der Waals surface area contributed by atoms with E-state index in [1.807, 2.05) is 0 Å². The molecular formula is C37H46N2O12. The molecule has 0 N–H and O–H groups in total. The summed E-state index contributed by atoms with van der Waals surface area (Å²) < 4.78 is 32.6. The molecule has 0 aromatic heterocycles. The zero-order valence-electron chi connectivity index (χ0n) is 30.1. The minimum atomic E-state index is -0.854. The molecule has 51 heavy (non-hydrogen) atoms. The lowest BCUT2D eigenvalue weighted by molar-refractivity contribution is -0.148. The highest BCUT2D eigenvalue weighted by Crippen LogP contribution is 2.29. The van der Waals surface area contributed by atoms with Crippen molar-refractivity contribution in [3.63, 3.8) is 0 Å². The van der Waals surface area contributed by atoms with E-state index in [0.717, 1.165) is 0 Å². The van der Waals surface area contributed by atoms with E-state index < -0.39 is 72.2 Å². The molecule has 2 aromatic rings. The van der Waals surface area contributed by atoms with Gasteiger partial charge in [0.1, 0.15) is 40.5 Å². The second kappa shape index (κ2) is 16.3. The third-order valence-corrected chi connectivity index (χ3v) is 7.88. The van der Waals surface area contributed by atoms with Gasteiger partial charge >= 0.3 is 24.1 Å². The monoisotopic (exact) mass is 710 g/mol. The Bertz CT molecular complexity index is 1620. The average Bonchev–Trinajstić information content (AvgIpc) is 3.76. The van der Waals surface area contributed by atoms with E-state index in [1.165, 1.54) is 41.2 Å². The maximum absolute atomic E-state index is 13.2. The van der Waals surface area contributed by atoms with Gasteiger partial charge in [-0.05, 0) is 110 Å². The Balaban J connectivity index is 1.31. The summed E-state index contributed by atoms with van der Waals surface area (Å²) in [6.07, 6.45) is 0.795. The number of Topliss-reactive ketones (excluding diaryl/α,β-unsaturated/α-hetero) is 2. The Morgan fingerprint density at radius 1 is 0.667 bits per heavy atom. The molecule has 2 saturated heterocycles. The van der Waals surface area contributed by atoms with Crippen LogP contribution in [0.1, 0.15) is 87.9 Å². The van der Waals surface area contributed by atoms with E-state index in [9.17, 15) is 28.8 Å². The number of hydrogen-bond donors (Lipinski definition) is 0. The van der Waals surface area contributed by atoms with E-state index in [-0.39, 0.29) is 22.6 Å². The quantitative estimate of drug-likeness (QED) is 0.158. The van der Waals surface area contributed by atoms with Gasteiger partial charge < -0.3 is 28.4 Å². The van der Waals surface area contributed by atoms with Crippen LogP contribution in [0.5, 0.6) is 17.2 Å². The largest absolute Gasteiger partial charge is 0.496 e. The van der Waals surface area contributed by atoms with Crippen molar-refractivity contribution in [3.05, 3.63) is 53.6 Å². The Hall–Kier alpha value is -5.14. The van der Waals surface area contributed by atoms with Crippen LogP contribution in [-0.2, 0) is 28.5 Å². The van der Waals surface area contributed by atoms with Gasteiger partial charge in [0.05, 0.1) is 12.7 Å². The van der Waals surface area contributed by atoms with E-state index in [4.69, 9.17) is 28.4 Å². The molecule has 14 nitrogen and oxygen atoms in total. The minimum absolute atomic E-state index is 0.110. The topological polar surface area (TPSA) is 164 Å². The Labute approximate surface area is 297 Å². The minimum Gasteiger partial charge on any atom is -0.496 e. The highest BCUT2D eigenvalue weighted by molar-refractivity contribution is 6.01. The third kappa shape index (κ3) is 10.7. The van der Waals surface area contributed by atoms with Gasteiger partial charge in [0.25, 0.3) is 0 Å². The van der Waals surface area contributed by atoms with E-state index in [0.29, 0.717) is 44.5 Å². The van der Waals surface area contributed by atoms with Crippen LogP contribution in [0.15, 0.2) is 42.5 Å². The van der Waals surface area contributed by atoms with Crippen molar-refractivity contribution in [1.29, 1.82) is 0 Å². The van der Waals surface area contributed by atoms with Crippen LogP contribution in [0.3, 0.4) is 0 Å². The number of rotatable bonds is 11. The van der Waals surface area contributed by atoms with E-state index in [2.05, 4.69) is 0 Å². The van der Waals surface area contributed by atoms with Crippen LogP contribution < -0.4 is 9.47 Å². The molecule has 2 aliphatic rings. The maximum atomic E-state index is 13.2. The molecule has 4 rings (SSSR count). The standard InChI is InChI=1S/C37H46N2O12/c1-36(2,3)50-34(44)38-18-8-10-27(38)32(42)47-21-29(40)23-12-14-24(15-13-23)49-25-16-17-31(46-7)26(20-25)30(41)22-48-33(43)28-11-9-19-39(28)35(45)51-37(4,5)6/h12-17,20,27-28H,8-11,18-19,21-22H2,1-7H3/t27-,28-/m0/s1. The first-order valence-electron chi connectivity index (χ1n) is 16.8. The van der Waals surface area contributed by atoms with Gasteiger partial charge in [-0.1, -0.05) is 0 Å². The zero-order chi connectivity index (χ0) is 37.5. The fourth-order valence-electron chi connectivity index (χ4n) is 5.54. The van der Waals surface area contributed by atoms with Crippen LogP contribution in [0.25, 0.3) is 0 Å². The summed E-state index contributed by atoms with van der Waals surface area (Å²) in [5, 5.41) is 0. The Morgan fingerprint density at radius 2 is 1.14 bits per heavy atom. The maximum Gasteiger partial charge on any atom is 0.411 e. The van der Waals surface area contributed by atoms with Crippen LogP contribution in [0.2, 0.25) is 0 Å². The summed E-state index contributed by atoms with van der Waals surface area (Å²) in [7, 11) is 1.40.